The lowest BCUT2D eigenvalue weighted by molar-refractivity contribution is -0.115. The molecule has 0 radical (unpaired) electrons. The Balaban J connectivity index is 1.73. The number of carbonyl (C=O) groups excluding carboxylic acids is 1. The van der Waals surface area contributed by atoms with Crippen molar-refractivity contribution >= 4 is 11.6 Å². The standard InChI is InChI=1S/C15H22N2O2/c1-11-3-5-13(6-4-11)17-15(18)10-16-14-7-8-19-12(2)9-14/h3-6,12,14,16H,7-10H2,1-2H3,(H,17,18). The van der Waals surface area contributed by atoms with E-state index in [1.165, 1.54) is 5.56 Å². The summed E-state index contributed by atoms with van der Waals surface area (Å²) in [5.74, 6) is 0.00278. The van der Waals surface area contributed by atoms with E-state index in [1.54, 1.807) is 0 Å². The molecule has 2 N–H and O–H groups in total. The summed E-state index contributed by atoms with van der Waals surface area (Å²) in [7, 11) is 0. The fourth-order valence-electron chi connectivity index (χ4n) is 2.26. The minimum Gasteiger partial charge on any atom is -0.378 e. The molecule has 104 valence electrons. The molecule has 0 spiro atoms. The number of amides is 1. The molecule has 19 heavy (non-hydrogen) atoms. The third-order valence-electron chi connectivity index (χ3n) is 3.37. The van der Waals surface area contributed by atoms with Gasteiger partial charge in [-0.2, -0.15) is 0 Å². The van der Waals surface area contributed by atoms with Crippen molar-refractivity contribution < 1.29 is 9.53 Å². The number of nitrogens with one attached hydrogen (secondary N) is 2. The van der Waals surface area contributed by atoms with Crippen LogP contribution < -0.4 is 10.6 Å². The third kappa shape index (κ3) is 4.65. The van der Waals surface area contributed by atoms with E-state index < -0.39 is 0 Å². The zero-order valence-electron chi connectivity index (χ0n) is 11.6. The van der Waals surface area contributed by atoms with E-state index in [0.717, 1.165) is 25.1 Å². The summed E-state index contributed by atoms with van der Waals surface area (Å²) in [4.78, 5) is 11.8. The highest BCUT2D eigenvalue weighted by Crippen LogP contribution is 2.13. The van der Waals surface area contributed by atoms with Gasteiger partial charge in [0.15, 0.2) is 0 Å². The van der Waals surface area contributed by atoms with E-state index in [4.69, 9.17) is 4.74 Å². The molecule has 1 aliphatic rings. The first-order chi connectivity index (χ1) is 9.13. The molecule has 1 aromatic carbocycles. The molecule has 1 heterocycles. The minimum atomic E-state index is 0.00278. The Labute approximate surface area is 114 Å². The van der Waals surface area contributed by atoms with Gasteiger partial charge in [0.25, 0.3) is 0 Å². The normalized spacial score (nSPS) is 23.1. The molecule has 2 rings (SSSR count). The molecule has 0 saturated carbocycles. The summed E-state index contributed by atoms with van der Waals surface area (Å²) in [6, 6.07) is 8.20. The maximum absolute atomic E-state index is 11.8. The first-order valence-electron chi connectivity index (χ1n) is 6.85. The first-order valence-corrected chi connectivity index (χ1v) is 6.85. The third-order valence-corrected chi connectivity index (χ3v) is 3.37. The zero-order valence-corrected chi connectivity index (χ0v) is 11.6. The summed E-state index contributed by atoms with van der Waals surface area (Å²) in [5, 5.41) is 6.18. The molecule has 0 bridgehead atoms. The average molecular weight is 262 g/mol. The second-order valence-electron chi connectivity index (χ2n) is 5.20. The largest absolute Gasteiger partial charge is 0.378 e. The quantitative estimate of drug-likeness (QED) is 0.873. The van der Waals surface area contributed by atoms with Crippen LogP contribution in [-0.2, 0) is 9.53 Å². The van der Waals surface area contributed by atoms with Crippen LogP contribution in [0.5, 0.6) is 0 Å². The predicted molar refractivity (Wildman–Crippen MR) is 76.2 cm³/mol. The lowest BCUT2D eigenvalue weighted by Gasteiger charge is -2.27. The van der Waals surface area contributed by atoms with Gasteiger partial charge < -0.3 is 15.4 Å². The Morgan fingerprint density at radius 1 is 1.37 bits per heavy atom. The van der Waals surface area contributed by atoms with Crippen molar-refractivity contribution in [2.45, 2.75) is 38.8 Å². The molecule has 2 unspecified atom stereocenters. The lowest BCUT2D eigenvalue weighted by atomic mass is 10.0. The Morgan fingerprint density at radius 3 is 2.79 bits per heavy atom. The average Bonchev–Trinajstić information content (AvgIpc) is 2.39. The fourth-order valence-corrected chi connectivity index (χ4v) is 2.26. The number of anilines is 1. The van der Waals surface area contributed by atoms with E-state index in [0.29, 0.717) is 12.6 Å². The van der Waals surface area contributed by atoms with E-state index in [-0.39, 0.29) is 12.0 Å². The predicted octanol–water partition coefficient (Wildman–Crippen LogP) is 2.09. The van der Waals surface area contributed by atoms with Gasteiger partial charge in [0.2, 0.25) is 5.91 Å². The van der Waals surface area contributed by atoms with Crippen molar-refractivity contribution in [3.05, 3.63) is 29.8 Å². The van der Waals surface area contributed by atoms with E-state index in [2.05, 4.69) is 17.6 Å². The highest BCUT2D eigenvalue weighted by Gasteiger charge is 2.19. The van der Waals surface area contributed by atoms with Crippen LogP contribution >= 0.6 is 0 Å². The Bertz CT molecular complexity index is 417. The Hall–Kier alpha value is -1.39. The van der Waals surface area contributed by atoms with Crippen molar-refractivity contribution in [3.63, 3.8) is 0 Å². The number of carbonyl (C=O) groups is 1. The van der Waals surface area contributed by atoms with Crippen LogP contribution in [0.25, 0.3) is 0 Å². The van der Waals surface area contributed by atoms with Crippen LogP contribution in [0.4, 0.5) is 5.69 Å². The van der Waals surface area contributed by atoms with Gasteiger partial charge in [-0.05, 0) is 38.8 Å². The van der Waals surface area contributed by atoms with E-state index in [1.807, 2.05) is 31.2 Å². The molecule has 1 aromatic rings. The molecule has 1 saturated heterocycles. The van der Waals surface area contributed by atoms with Crippen LogP contribution in [0.3, 0.4) is 0 Å². The number of benzene rings is 1. The molecular formula is C15H22N2O2. The number of hydrogen-bond donors (Lipinski definition) is 2. The van der Waals surface area contributed by atoms with Gasteiger partial charge in [-0.15, -0.1) is 0 Å². The van der Waals surface area contributed by atoms with Crippen LogP contribution in [0, 0.1) is 6.92 Å². The summed E-state index contributed by atoms with van der Waals surface area (Å²) < 4.78 is 5.48. The summed E-state index contributed by atoms with van der Waals surface area (Å²) in [6.07, 6.45) is 2.23. The zero-order chi connectivity index (χ0) is 13.7. The molecule has 4 nitrogen and oxygen atoms in total. The summed E-state index contributed by atoms with van der Waals surface area (Å²) in [5.41, 5.74) is 2.03. The fraction of sp³-hybridized carbons (Fsp3) is 0.533. The van der Waals surface area contributed by atoms with Crippen molar-refractivity contribution in [2.75, 3.05) is 18.5 Å². The first kappa shape index (κ1) is 14.0. The van der Waals surface area contributed by atoms with Gasteiger partial charge >= 0.3 is 0 Å². The second-order valence-corrected chi connectivity index (χ2v) is 5.20. The number of aryl methyl sites for hydroxylation is 1. The molecular weight excluding hydrogens is 240 g/mol. The van der Waals surface area contributed by atoms with Crippen molar-refractivity contribution in [1.82, 2.24) is 5.32 Å². The SMILES string of the molecule is Cc1ccc(NC(=O)CNC2CCOC(C)C2)cc1. The van der Waals surface area contributed by atoms with Gasteiger partial charge in [-0.25, -0.2) is 0 Å². The van der Waals surface area contributed by atoms with E-state index >= 15 is 0 Å². The molecule has 1 fully saturated rings. The van der Waals surface area contributed by atoms with Crippen LogP contribution in [0.1, 0.15) is 25.3 Å². The van der Waals surface area contributed by atoms with Gasteiger partial charge in [-0.1, -0.05) is 17.7 Å². The highest BCUT2D eigenvalue weighted by molar-refractivity contribution is 5.92. The second kappa shape index (κ2) is 6.68. The Kier molecular flexibility index (Phi) is 4.93. The minimum absolute atomic E-state index is 0.00278. The molecule has 1 aliphatic heterocycles. The van der Waals surface area contributed by atoms with Gasteiger partial charge in [0, 0.05) is 18.3 Å². The number of ether oxygens (including phenoxy) is 1. The lowest BCUT2D eigenvalue weighted by Crippen LogP contribution is -2.41. The van der Waals surface area contributed by atoms with Crippen molar-refractivity contribution in [3.8, 4) is 0 Å². The Morgan fingerprint density at radius 2 is 2.11 bits per heavy atom. The van der Waals surface area contributed by atoms with Crippen molar-refractivity contribution in [2.24, 2.45) is 0 Å². The maximum atomic E-state index is 11.8. The molecule has 1 amide bonds. The highest BCUT2D eigenvalue weighted by atomic mass is 16.5. The van der Waals surface area contributed by atoms with Crippen LogP contribution in [-0.4, -0.2) is 31.2 Å². The summed E-state index contributed by atoms with van der Waals surface area (Å²) >= 11 is 0. The van der Waals surface area contributed by atoms with Crippen molar-refractivity contribution in [1.29, 1.82) is 0 Å². The molecule has 4 heteroatoms. The van der Waals surface area contributed by atoms with Crippen LogP contribution in [0.15, 0.2) is 24.3 Å². The number of rotatable bonds is 4. The maximum Gasteiger partial charge on any atom is 0.238 e. The molecule has 0 aromatic heterocycles. The smallest absolute Gasteiger partial charge is 0.238 e. The summed E-state index contributed by atoms with van der Waals surface area (Å²) in [6.45, 7) is 5.23. The van der Waals surface area contributed by atoms with Gasteiger partial charge in [-0.3, -0.25) is 4.79 Å². The molecule has 2 atom stereocenters. The van der Waals surface area contributed by atoms with Gasteiger partial charge in [0.1, 0.15) is 0 Å². The van der Waals surface area contributed by atoms with E-state index in [9.17, 15) is 4.79 Å². The van der Waals surface area contributed by atoms with Crippen LogP contribution in [0.2, 0.25) is 0 Å². The monoisotopic (exact) mass is 262 g/mol. The van der Waals surface area contributed by atoms with Gasteiger partial charge in [0.05, 0.1) is 12.6 Å². The molecule has 0 aliphatic carbocycles. The number of hydrogen-bond acceptors (Lipinski definition) is 3. The topological polar surface area (TPSA) is 50.4 Å².